The van der Waals surface area contributed by atoms with Crippen molar-refractivity contribution >= 4 is 23.6 Å². The first kappa shape index (κ1) is 22.7. The van der Waals surface area contributed by atoms with Gasteiger partial charge in [-0.1, -0.05) is 84.4 Å². The van der Waals surface area contributed by atoms with Crippen LogP contribution in [-0.4, -0.2) is 16.9 Å². The van der Waals surface area contributed by atoms with Crippen molar-refractivity contribution in [2.24, 2.45) is 5.92 Å². The van der Waals surface area contributed by atoms with Crippen molar-refractivity contribution in [2.75, 3.05) is 0 Å². The summed E-state index contributed by atoms with van der Waals surface area (Å²) >= 11 is 6.21. The number of allylic oxidation sites excluding steroid dienone is 1. The number of ether oxygens (including phenoxy) is 1. The third-order valence-corrected chi connectivity index (χ3v) is 6.16. The fraction of sp³-hybridized carbons (Fsp3) is 0.185. The number of carbonyl (C=O) groups excluding carboxylic acids is 2. The van der Waals surface area contributed by atoms with Gasteiger partial charge in [0.1, 0.15) is 11.9 Å². The summed E-state index contributed by atoms with van der Waals surface area (Å²) in [5.74, 6) is -1.67. The molecule has 1 aliphatic rings. The summed E-state index contributed by atoms with van der Waals surface area (Å²) in [4.78, 5) is 27.9. The van der Waals surface area contributed by atoms with Gasteiger partial charge in [-0.15, -0.1) is 6.58 Å². The number of amides is 2. The minimum Gasteiger partial charge on any atom is -0.438 e. The number of carbonyl (C=O) groups is 2. The molecule has 1 saturated heterocycles. The van der Waals surface area contributed by atoms with Crippen molar-refractivity contribution in [1.29, 1.82) is 0 Å². The van der Waals surface area contributed by atoms with Crippen LogP contribution in [-0.2, 0) is 16.0 Å². The zero-order chi connectivity index (χ0) is 23.4. The number of rotatable bonds is 7. The quantitative estimate of drug-likeness (QED) is 0.367. The van der Waals surface area contributed by atoms with Crippen molar-refractivity contribution < 1.29 is 18.7 Å². The molecule has 4 rings (SSSR count). The zero-order valence-corrected chi connectivity index (χ0v) is 18.6. The van der Waals surface area contributed by atoms with Gasteiger partial charge < -0.3 is 4.74 Å². The topological polar surface area (TPSA) is 46.6 Å². The van der Waals surface area contributed by atoms with Gasteiger partial charge in [-0.3, -0.25) is 4.79 Å². The third-order valence-electron chi connectivity index (χ3n) is 5.81. The van der Waals surface area contributed by atoms with Crippen molar-refractivity contribution in [1.82, 2.24) is 4.90 Å². The van der Waals surface area contributed by atoms with Gasteiger partial charge >= 0.3 is 6.09 Å². The minimum absolute atomic E-state index is 0.0393. The number of hydrogen-bond acceptors (Lipinski definition) is 3. The van der Waals surface area contributed by atoms with E-state index in [1.807, 2.05) is 60.7 Å². The number of halogens is 2. The molecule has 1 heterocycles. The van der Waals surface area contributed by atoms with E-state index in [2.05, 4.69) is 6.58 Å². The second kappa shape index (κ2) is 10.0. The predicted molar refractivity (Wildman–Crippen MR) is 125 cm³/mol. The highest BCUT2D eigenvalue weighted by atomic mass is 35.5. The molecule has 3 atom stereocenters. The summed E-state index contributed by atoms with van der Waals surface area (Å²) < 4.78 is 20.2. The van der Waals surface area contributed by atoms with Crippen LogP contribution in [0.1, 0.15) is 35.3 Å². The number of nitrogens with zero attached hydrogens (tertiary/aromatic N) is 1. The van der Waals surface area contributed by atoms with Gasteiger partial charge in [-0.25, -0.2) is 14.1 Å². The Morgan fingerprint density at radius 1 is 1.03 bits per heavy atom. The smallest absolute Gasteiger partial charge is 0.417 e. The van der Waals surface area contributed by atoms with E-state index >= 15 is 0 Å². The van der Waals surface area contributed by atoms with Crippen molar-refractivity contribution in [3.05, 3.63) is 119 Å². The van der Waals surface area contributed by atoms with Crippen LogP contribution < -0.4 is 0 Å². The SMILES string of the molecule is C=CCC(Cc1c(F)cccc1Cl)C(=O)N1C(=O)OC(c2ccccc2)C1c1ccccc1. The van der Waals surface area contributed by atoms with Crippen LogP contribution >= 0.6 is 11.6 Å². The Labute approximate surface area is 197 Å². The van der Waals surface area contributed by atoms with Crippen LogP contribution in [0.25, 0.3) is 0 Å². The van der Waals surface area contributed by atoms with Gasteiger partial charge in [0, 0.05) is 16.5 Å². The lowest BCUT2D eigenvalue weighted by molar-refractivity contribution is -0.133. The molecule has 0 saturated carbocycles. The lowest BCUT2D eigenvalue weighted by Crippen LogP contribution is -2.39. The van der Waals surface area contributed by atoms with Crippen LogP contribution in [0.4, 0.5) is 9.18 Å². The maximum absolute atomic E-state index is 14.5. The van der Waals surface area contributed by atoms with Gasteiger partial charge in [0.05, 0.1) is 0 Å². The van der Waals surface area contributed by atoms with Gasteiger partial charge in [-0.2, -0.15) is 0 Å². The molecule has 3 aromatic rings. The summed E-state index contributed by atoms with van der Waals surface area (Å²) in [5, 5.41) is 0.239. The number of benzene rings is 3. The molecule has 0 aliphatic carbocycles. The van der Waals surface area contributed by atoms with Crippen molar-refractivity contribution in [2.45, 2.75) is 25.0 Å². The fourth-order valence-corrected chi connectivity index (χ4v) is 4.46. The molecule has 4 nitrogen and oxygen atoms in total. The normalized spacial score (nSPS) is 18.6. The van der Waals surface area contributed by atoms with Gasteiger partial charge in [0.25, 0.3) is 0 Å². The highest BCUT2D eigenvalue weighted by molar-refractivity contribution is 6.31. The Hall–Kier alpha value is -3.44. The Kier molecular flexibility index (Phi) is 6.90. The first-order chi connectivity index (χ1) is 16.0. The van der Waals surface area contributed by atoms with Crippen molar-refractivity contribution in [3.63, 3.8) is 0 Å². The monoisotopic (exact) mass is 463 g/mol. The largest absolute Gasteiger partial charge is 0.438 e. The van der Waals surface area contributed by atoms with Gasteiger partial charge in [0.15, 0.2) is 6.10 Å². The summed E-state index contributed by atoms with van der Waals surface area (Å²) in [5.41, 5.74) is 1.79. The molecule has 2 amide bonds. The molecule has 168 valence electrons. The molecule has 3 aromatic carbocycles. The van der Waals surface area contributed by atoms with Crippen molar-refractivity contribution in [3.8, 4) is 0 Å². The van der Waals surface area contributed by atoms with Crippen LogP contribution in [0.3, 0.4) is 0 Å². The Morgan fingerprint density at radius 3 is 2.27 bits per heavy atom. The molecule has 6 heteroatoms. The van der Waals surface area contributed by atoms with Gasteiger partial charge in [-0.05, 0) is 36.1 Å². The Balaban J connectivity index is 1.73. The maximum atomic E-state index is 14.5. The Morgan fingerprint density at radius 2 is 1.67 bits per heavy atom. The number of imide groups is 1. The average Bonchev–Trinajstić information content (AvgIpc) is 3.18. The fourth-order valence-electron chi connectivity index (χ4n) is 4.22. The molecule has 0 bridgehead atoms. The average molecular weight is 464 g/mol. The van der Waals surface area contributed by atoms with E-state index in [0.717, 1.165) is 16.0 Å². The molecule has 0 aromatic heterocycles. The van der Waals surface area contributed by atoms with Gasteiger partial charge in [0.2, 0.25) is 5.91 Å². The van der Waals surface area contributed by atoms with E-state index < -0.39 is 35.9 Å². The standard InChI is InChI=1S/C27H23ClFNO3/c1-2-10-20(17-21-22(28)15-9-16-23(21)29)26(31)30-24(18-11-5-3-6-12-18)25(33-27(30)32)19-13-7-4-8-14-19/h2-9,11-16,20,24-25H,1,10,17H2. The lowest BCUT2D eigenvalue weighted by atomic mass is 9.91. The maximum Gasteiger partial charge on any atom is 0.417 e. The van der Waals surface area contributed by atoms with E-state index in [1.165, 1.54) is 12.1 Å². The molecule has 33 heavy (non-hydrogen) atoms. The Bertz CT molecular complexity index is 1130. The third kappa shape index (κ3) is 4.69. The van der Waals surface area contributed by atoms with Crippen LogP contribution in [0.5, 0.6) is 0 Å². The van der Waals surface area contributed by atoms with Crippen LogP contribution in [0.2, 0.25) is 5.02 Å². The molecular formula is C27H23ClFNO3. The van der Waals surface area contributed by atoms with E-state index in [0.29, 0.717) is 0 Å². The molecule has 0 radical (unpaired) electrons. The molecule has 1 fully saturated rings. The van der Waals surface area contributed by atoms with E-state index in [1.54, 1.807) is 12.1 Å². The first-order valence-electron chi connectivity index (χ1n) is 10.7. The number of cyclic esters (lactones) is 1. The predicted octanol–water partition coefficient (Wildman–Crippen LogP) is 6.68. The molecule has 0 N–H and O–H groups in total. The molecule has 0 spiro atoms. The van der Waals surface area contributed by atoms with E-state index in [4.69, 9.17) is 16.3 Å². The second-order valence-electron chi connectivity index (χ2n) is 7.90. The summed E-state index contributed by atoms with van der Waals surface area (Å²) in [7, 11) is 0. The minimum atomic E-state index is -0.731. The summed E-state index contributed by atoms with van der Waals surface area (Å²) in [6, 6.07) is 22.3. The highest BCUT2D eigenvalue weighted by Gasteiger charge is 2.48. The summed E-state index contributed by atoms with van der Waals surface area (Å²) in [6.07, 6.45) is 0.496. The lowest BCUT2D eigenvalue weighted by Gasteiger charge is -2.27. The number of hydrogen-bond donors (Lipinski definition) is 0. The second-order valence-corrected chi connectivity index (χ2v) is 8.31. The molecular weight excluding hydrogens is 441 g/mol. The zero-order valence-electron chi connectivity index (χ0n) is 17.9. The molecule has 1 aliphatic heterocycles. The highest BCUT2D eigenvalue weighted by Crippen LogP contribution is 2.44. The van der Waals surface area contributed by atoms with E-state index in [9.17, 15) is 14.0 Å². The van der Waals surface area contributed by atoms with Crippen LogP contribution in [0.15, 0.2) is 91.5 Å². The first-order valence-corrected chi connectivity index (χ1v) is 11.1. The summed E-state index contributed by atoms with van der Waals surface area (Å²) in [6.45, 7) is 3.74. The van der Waals surface area contributed by atoms with E-state index in [-0.39, 0.29) is 23.4 Å². The molecule has 3 unspecified atom stereocenters. The van der Waals surface area contributed by atoms with Crippen LogP contribution in [0, 0.1) is 11.7 Å².